The molecule has 7 heteroatoms. The van der Waals surface area contributed by atoms with Crippen LogP contribution in [0.4, 0.5) is 0 Å². The molecule has 3 aromatic rings. The number of carbonyl (C=O) groups excluding carboxylic acids is 1. The van der Waals surface area contributed by atoms with E-state index in [1.54, 1.807) is 0 Å². The summed E-state index contributed by atoms with van der Waals surface area (Å²) in [6.45, 7) is 3.91. The Morgan fingerprint density at radius 2 is 2.04 bits per heavy atom. The van der Waals surface area contributed by atoms with E-state index < -0.39 is 12.0 Å². The highest BCUT2D eigenvalue weighted by Gasteiger charge is 2.37. The van der Waals surface area contributed by atoms with Crippen LogP contribution >= 0.6 is 0 Å². The van der Waals surface area contributed by atoms with Gasteiger partial charge in [0.25, 0.3) is 0 Å². The minimum atomic E-state index is -0.954. The van der Waals surface area contributed by atoms with Gasteiger partial charge in [0.2, 0.25) is 5.91 Å². The Kier molecular flexibility index (Phi) is 4.30. The first-order valence-electron chi connectivity index (χ1n) is 9.21. The second kappa shape index (κ2) is 6.64. The molecule has 0 bridgehead atoms. The third-order valence-corrected chi connectivity index (χ3v) is 5.30. The molecule has 140 valence electrons. The summed E-state index contributed by atoms with van der Waals surface area (Å²) < 4.78 is 1.83. The lowest BCUT2D eigenvalue weighted by Gasteiger charge is -2.14. The first-order chi connectivity index (χ1) is 13.0. The summed E-state index contributed by atoms with van der Waals surface area (Å²) in [5.41, 5.74) is 4.50. The molecule has 1 saturated carbocycles. The third kappa shape index (κ3) is 3.25. The molecule has 1 aromatic carbocycles. The Hall–Kier alpha value is -2.96. The molecule has 1 aliphatic carbocycles. The Bertz CT molecular complexity index is 1050. The first-order valence-corrected chi connectivity index (χ1v) is 9.21. The lowest BCUT2D eigenvalue weighted by Crippen LogP contribution is -2.42. The van der Waals surface area contributed by atoms with Crippen molar-refractivity contribution in [3.63, 3.8) is 0 Å². The second-order valence-electron chi connectivity index (χ2n) is 7.23. The van der Waals surface area contributed by atoms with Gasteiger partial charge in [0, 0.05) is 23.2 Å². The minimum absolute atomic E-state index is 0.0736. The predicted octanol–water partition coefficient (Wildman–Crippen LogP) is 2.41. The van der Waals surface area contributed by atoms with Gasteiger partial charge in [0.05, 0.1) is 5.52 Å². The average molecular weight is 366 g/mol. The number of hydrogen-bond acceptors (Lipinski definition) is 4. The molecule has 2 heterocycles. The summed E-state index contributed by atoms with van der Waals surface area (Å²) in [6.07, 6.45) is 2.46. The average Bonchev–Trinajstić information content (AvgIpc) is 3.40. The van der Waals surface area contributed by atoms with E-state index in [0.717, 1.165) is 46.3 Å². The van der Waals surface area contributed by atoms with Crippen molar-refractivity contribution < 1.29 is 14.7 Å². The van der Waals surface area contributed by atoms with Gasteiger partial charge < -0.3 is 10.4 Å². The molecule has 2 N–H and O–H groups in total. The van der Waals surface area contributed by atoms with Crippen molar-refractivity contribution in [2.45, 2.75) is 45.6 Å². The van der Waals surface area contributed by atoms with Crippen molar-refractivity contribution in [1.82, 2.24) is 19.9 Å². The van der Waals surface area contributed by atoms with Crippen LogP contribution < -0.4 is 5.32 Å². The summed E-state index contributed by atoms with van der Waals surface area (Å²) in [6, 6.07) is 7.10. The van der Waals surface area contributed by atoms with Crippen LogP contribution in [0, 0.1) is 19.8 Å². The zero-order valence-corrected chi connectivity index (χ0v) is 15.4. The number of carboxylic acid groups (broad SMARTS) is 1. The number of carboxylic acids is 1. The summed E-state index contributed by atoms with van der Waals surface area (Å²) in [5, 5.41) is 17.5. The van der Waals surface area contributed by atoms with Crippen molar-refractivity contribution in [3.05, 3.63) is 41.2 Å². The van der Waals surface area contributed by atoms with E-state index >= 15 is 0 Å². The molecule has 2 aromatic heterocycles. The number of nitrogens with zero attached hydrogens (tertiary/aromatic N) is 3. The summed E-state index contributed by atoms with van der Waals surface area (Å²) in [4.78, 5) is 28.3. The Morgan fingerprint density at radius 3 is 2.74 bits per heavy atom. The Balaban J connectivity index is 1.56. The lowest BCUT2D eigenvalue weighted by molar-refractivity contribution is -0.142. The highest BCUT2D eigenvalue weighted by Crippen LogP contribution is 2.32. The molecule has 1 unspecified atom stereocenters. The van der Waals surface area contributed by atoms with Gasteiger partial charge in [-0.15, -0.1) is 0 Å². The molecule has 0 spiro atoms. The number of amides is 1. The van der Waals surface area contributed by atoms with Crippen LogP contribution in [0.25, 0.3) is 16.6 Å². The molecule has 1 aliphatic rings. The smallest absolute Gasteiger partial charge is 0.326 e. The molecule has 1 atom stereocenters. The fourth-order valence-corrected chi connectivity index (χ4v) is 3.63. The van der Waals surface area contributed by atoms with E-state index in [0.29, 0.717) is 6.42 Å². The molecule has 4 rings (SSSR count). The number of hydrogen-bond donors (Lipinski definition) is 2. The van der Waals surface area contributed by atoms with Crippen molar-refractivity contribution >= 4 is 28.4 Å². The third-order valence-electron chi connectivity index (χ3n) is 5.30. The monoisotopic (exact) mass is 366 g/mol. The second-order valence-corrected chi connectivity index (χ2v) is 7.23. The van der Waals surface area contributed by atoms with Crippen molar-refractivity contribution in [1.29, 1.82) is 0 Å². The van der Waals surface area contributed by atoms with Gasteiger partial charge in [-0.1, -0.05) is 12.1 Å². The molecule has 0 aliphatic heterocycles. The largest absolute Gasteiger partial charge is 0.480 e. The molecule has 7 nitrogen and oxygen atoms in total. The van der Waals surface area contributed by atoms with Crippen LogP contribution in [0.15, 0.2) is 24.3 Å². The van der Waals surface area contributed by atoms with Gasteiger partial charge in [-0.3, -0.25) is 4.79 Å². The van der Waals surface area contributed by atoms with E-state index in [1.807, 2.05) is 42.6 Å². The molecule has 0 radical (unpaired) electrons. The van der Waals surface area contributed by atoms with Gasteiger partial charge in [-0.25, -0.2) is 14.3 Å². The number of nitrogens with one attached hydrogen (secondary N) is 1. The van der Waals surface area contributed by atoms with Gasteiger partial charge in [0.1, 0.15) is 6.04 Å². The maximum Gasteiger partial charge on any atom is 0.326 e. The molecule has 1 fully saturated rings. The molecule has 1 amide bonds. The zero-order valence-electron chi connectivity index (χ0n) is 15.4. The lowest BCUT2D eigenvalue weighted by atomic mass is 10.1. The Morgan fingerprint density at radius 1 is 1.30 bits per heavy atom. The topological polar surface area (TPSA) is 96.6 Å². The van der Waals surface area contributed by atoms with Crippen molar-refractivity contribution in [2.24, 2.45) is 5.92 Å². The van der Waals surface area contributed by atoms with Crippen LogP contribution in [0.5, 0.6) is 0 Å². The predicted molar refractivity (Wildman–Crippen MR) is 101 cm³/mol. The molecular formula is C20H22N4O3. The highest BCUT2D eigenvalue weighted by molar-refractivity contribution is 5.92. The number of aromatic nitrogens is 3. The van der Waals surface area contributed by atoms with Gasteiger partial charge in [-0.2, -0.15) is 5.10 Å². The van der Waals surface area contributed by atoms with Crippen LogP contribution in [-0.2, 0) is 16.0 Å². The number of carbonyl (C=O) groups is 2. The van der Waals surface area contributed by atoms with Crippen LogP contribution in [0.2, 0.25) is 0 Å². The van der Waals surface area contributed by atoms with E-state index in [-0.39, 0.29) is 18.2 Å². The molecule has 27 heavy (non-hydrogen) atoms. The van der Waals surface area contributed by atoms with Crippen molar-refractivity contribution in [2.75, 3.05) is 0 Å². The number of aryl methyl sites for hydroxylation is 2. The zero-order chi connectivity index (χ0) is 19.1. The van der Waals surface area contributed by atoms with Crippen LogP contribution in [0.1, 0.15) is 36.2 Å². The first kappa shape index (κ1) is 17.5. The van der Waals surface area contributed by atoms with E-state index in [2.05, 4.69) is 10.4 Å². The Labute approximate surface area is 156 Å². The maximum absolute atomic E-state index is 12.3. The quantitative estimate of drug-likeness (QED) is 0.698. The molecule has 0 saturated heterocycles. The minimum Gasteiger partial charge on any atom is -0.480 e. The SMILES string of the molecule is Cc1nc2c3ccccc3nn2c(C)c1CCC(=O)NC(C(=O)O)C1CC1. The number of aliphatic carboxylic acids is 1. The number of rotatable bonds is 6. The highest BCUT2D eigenvalue weighted by atomic mass is 16.4. The molecular weight excluding hydrogens is 344 g/mol. The van der Waals surface area contributed by atoms with Gasteiger partial charge in [-0.05, 0) is 56.7 Å². The summed E-state index contributed by atoms with van der Waals surface area (Å²) >= 11 is 0. The van der Waals surface area contributed by atoms with Crippen LogP contribution in [-0.4, -0.2) is 37.6 Å². The number of benzene rings is 1. The van der Waals surface area contributed by atoms with Crippen LogP contribution in [0.3, 0.4) is 0 Å². The summed E-state index contributed by atoms with van der Waals surface area (Å²) in [7, 11) is 0. The fraction of sp³-hybridized carbons (Fsp3) is 0.400. The van der Waals surface area contributed by atoms with Gasteiger partial charge in [0.15, 0.2) is 5.65 Å². The van der Waals surface area contributed by atoms with Crippen molar-refractivity contribution in [3.8, 4) is 0 Å². The maximum atomic E-state index is 12.3. The normalized spacial score (nSPS) is 15.2. The standard InChI is InChI=1S/C20H22N4O3/c1-11-14(9-10-17(25)22-18(20(26)27)13-7-8-13)12(2)24-19(21-11)15-5-3-4-6-16(15)23-24/h3-6,13,18H,7-10H2,1-2H3,(H,22,25)(H,26,27). The summed E-state index contributed by atoms with van der Waals surface area (Å²) in [5.74, 6) is -1.12. The number of fused-ring (bicyclic) bond motifs is 3. The van der Waals surface area contributed by atoms with Gasteiger partial charge >= 0.3 is 5.97 Å². The van der Waals surface area contributed by atoms with E-state index in [4.69, 9.17) is 4.98 Å². The fourth-order valence-electron chi connectivity index (χ4n) is 3.63. The van der Waals surface area contributed by atoms with E-state index in [1.165, 1.54) is 0 Å². The van der Waals surface area contributed by atoms with E-state index in [9.17, 15) is 14.7 Å².